The van der Waals surface area contributed by atoms with Crippen molar-refractivity contribution in [3.05, 3.63) is 47.0 Å². The standard InChI is InChI=1S/C23H34N4O/c1-17(2)27-18(3)24-22-21(27)15-26(14-19-7-6-8-20(13-19)28-5)16-23(22)9-11-25(4)12-10-23/h6-8,13,17H,9-12,14-16H2,1-5H3. The van der Waals surface area contributed by atoms with Crippen molar-refractivity contribution in [2.75, 3.05) is 33.8 Å². The first kappa shape index (κ1) is 19.5. The van der Waals surface area contributed by atoms with Crippen LogP contribution < -0.4 is 4.74 Å². The molecule has 1 aromatic carbocycles. The Balaban J connectivity index is 1.70. The number of hydrogen-bond acceptors (Lipinski definition) is 4. The lowest BCUT2D eigenvalue weighted by Crippen LogP contribution is -2.51. The molecule has 0 saturated carbocycles. The van der Waals surface area contributed by atoms with Crippen LogP contribution in [-0.4, -0.2) is 53.1 Å². The van der Waals surface area contributed by atoms with Crippen LogP contribution in [0.3, 0.4) is 0 Å². The quantitative estimate of drug-likeness (QED) is 0.806. The highest BCUT2D eigenvalue weighted by atomic mass is 16.5. The third-order valence-corrected chi connectivity index (χ3v) is 6.59. The number of piperidine rings is 1. The summed E-state index contributed by atoms with van der Waals surface area (Å²) in [5, 5.41) is 0. The third-order valence-electron chi connectivity index (χ3n) is 6.59. The molecule has 1 spiro atoms. The van der Waals surface area contributed by atoms with Crippen LogP contribution in [0.25, 0.3) is 0 Å². The summed E-state index contributed by atoms with van der Waals surface area (Å²) < 4.78 is 7.90. The number of hydrogen-bond donors (Lipinski definition) is 0. The number of imidazole rings is 1. The molecule has 0 bridgehead atoms. The maximum atomic E-state index is 5.44. The number of nitrogens with zero attached hydrogens (tertiary/aromatic N) is 4. The van der Waals surface area contributed by atoms with Crippen LogP contribution in [0.4, 0.5) is 0 Å². The SMILES string of the molecule is COc1cccc(CN2Cc3c(nc(C)n3C(C)C)C3(CCN(C)CC3)C2)c1. The van der Waals surface area contributed by atoms with E-state index < -0.39 is 0 Å². The second-order valence-corrected chi connectivity index (χ2v) is 9.00. The molecule has 1 aromatic heterocycles. The van der Waals surface area contributed by atoms with E-state index in [-0.39, 0.29) is 5.41 Å². The highest BCUT2D eigenvalue weighted by Gasteiger charge is 2.44. The molecule has 152 valence electrons. The molecule has 2 aliphatic rings. The molecule has 0 atom stereocenters. The Morgan fingerprint density at radius 1 is 1.21 bits per heavy atom. The van der Waals surface area contributed by atoms with Crippen LogP contribution in [-0.2, 0) is 18.5 Å². The summed E-state index contributed by atoms with van der Waals surface area (Å²) in [6, 6.07) is 8.94. The number of aromatic nitrogens is 2. The second-order valence-electron chi connectivity index (χ2n) is 9.00. The summed E-state index contributed by atoms with van der Waals surface area (Å²) in [5.41, 5.74) is 4.32. The predicted molar refractivity (Wildman–Crippen MR) is 113 cm³/mol. The van der Waals surface area contributed by atoms with E-state index in [1.807, 2.05) is 6.07 Å². The molecule has 0 amide bonds. The predicted octanol–water partition coefficient (Wildman–Crippen LogP) is 3.76. The molecule has 1 fully saturated rings. The summed E-state index contributed by atoms with van der Waals surface area (Å²) >= 11 is 0. The third kappa shape index (κ3) is 3.46. The van der Waals surface area contributed by atoms with Gasteiger partial charge < -0.3 is 14.2 Å². The Kier molecular flexibility index (Phi) is 5.23. The van der Waals surface area contributed by atoms with Gasteiger partial charge in [-0.2, -0.15) is 0 Å². The largest absolute Gasteiger partial charge is 0.497 e. The van der Waals surface area contributed by atoms with Crippen LogP contribution >= 0.6 is 0 Å². The van der Waals surface area contributed by atoms with Crippen molar-refractivity contribution in [2.45, 2.75) is 58.2 Å². The number of benzene rings is 1. The normalized spacial score (nSPS) is 19.9. The smallest absolute Gasteiger partial charge is 0.119 e. The van der Waals surface area contributed by atoms with Crippen LogP contribution in [0.15, 0.2) is 24.3 Å². The summed E-state index contributed by atoms with van der Waals surface area (Å²) in [4.78, 5) is 10.2. The van der Waals surface area contributed by atoms with Crippen LogP contribution in [0, 0.1) is 6.92 Å². The summed E-state index contributed by atoms with van der Waals surface area (Å²) in [5.74, 6) is 2.11. The molecular formula is C23H34N4O. The van der Waals surface area contributed by atoms with Crippen molar-refractivity contribution < 1.29 is 4.74 Å². The first-order valence-corrected chi connectivity index (χ1v) is 10.5. The zero-order valence-corrected chi connectivity index (χ0v) is 18.0. The molecule has 3 heterocycles. The van der Waals surface area contributed by atoms with Crippen molar-refractivity contribution in [1.29, 1.82) is 0 Å². The number of ether oxygens (including phenoxy) is 1. The van der Waals surface area contributed by atoms with E-state index in [4.69, 9.17) is 9.72 Å². The Morgan fingerprint density at radius 3 is 2.64 bits per heavy atom. The van der Waals surface area contributed by atoms with Crippen molar-refractivity contribution >= 4 is 0 Å². The first-order chi connectivity index (χ1) is 13.4. The highest BCUT2D eigenvalue weighted by Crippen LogP contribution is 2.42. The second kappa shape index (κ2) is 7.53. The lowest BCUT2D eigenvalue weighted by atomic mass is 9.72. The van der Waals surface area contributed by atoms with Crippen LogP contribution in [0.1, 0.15) is 55.5 Å². The first-order valence-electron chi connectivity index (χ1n) is 10.5. The number of fused-ring (bicyclic) bond motifs is 2. The lowest BCUT2D eigenvalue weighted by molar-refractivity contribution is 0.0995. The Morgan fingerprint density at radius 2 is 1.96 bits per heavy atom. The molecule has 0 radical (unpaired) electrons. The van der Waals surface area contributed by atoms with Gasteiger partial charge in [0.25, 0.3) is 0 Å². The van der Waals surface area contributed by atoms with Crippen molar-refractivity contribution in [3.63, 3.8) is 0 Å². The maximum absolute atomic E-state index is 5.44. The number of aryl methyl sites for hydroxylation is 1. The molecule has 2 aliphatic heterocycles. The van der Waals surface area contributed by atoms with Gasteiger partial charge >= 0.3 is 0 Å². The van der Waals surface area contributed by atoms with Gasteiger partial charge in [-0.3, -0.25) is 4.90 Å². The van der Waals surface area contributed by atoms with Crippen molar-refractivity contribution in [3.8, 4) is 5.75 Å². The number of methoxy groups -OCH3 is 1. The van der Waals surface area contributed by atoms with Gasteiger partial charge in [-0.1, -0.05) is 12.1 Å². The van der Waals surface area contributed by atoms with E-state index in [9.17, 15) is 0 Å². The molecule has 0 unspecified atom stereocenters. The fourth-order valence-electron chi connectivity index (χ4n) is 5.20. The summed E-state index contributed by atoms with van der Waals surface area (Å²) in [7, 11) is 3.98. The summed E-state index contributed by atoms with van der Waals surface area (Å²) in [6.07, 6.45) is 2.39. The van der Waals surface area contributed by atoms with Crippen molar-refractivity contribution in [1.82, 2.24) is 19.4 Å². The minimum Gasteiger partial charge on any atom is -0.497 e. The number of rotatable bonds is 4. The van der Waals surface area contributed by atoms with Gasteiger partial charge in [-0.15, -0.1) is 0 Å². The highest BCUT2D eigenvalue weighted by molar-refractivity contribution is 5.33. The van der Waals surface area contributed by atoms with Gasteiger partial charge in [0.05, 0.1) is 18.5 Å². The molecule has 5 nitrogen and oxygen atoms in total. The molecular weight excluding hydrogens is 348 g/mol. The van der Waals surface area contributed by atoms with E-state index >= 15 is 0 Å². The average Bonchev–Trinajstić information content (AvgIpc) is 3.01. The molecule has 28 heavy (non-hydrogen) atoms. The molecule has 5 heteroatoms. The van der Waals surface area contributed by atoms with E-state index in [1.54, 1.807) is 7.11 Å². The lowest BCUT2D eigenvalue weighted by Gasteiger charge is -2.46. The average molecular weight is 383 g/mol. The molecule has 0 aliphatic carbocycles. The van der Waals surface area contributed by atoms with Gasteiger partial charge in [0.1, 0.15) is 11.6 Å². The van der Waals surface area contributed by atoms with Gasteiger partial charge in [0.15, 0.2) is 0 Å². The minimum absolute atomic E-state index is 0.184. The topological polar surface area (TPSA) is 33.5 Å². The monoisotopic (exact) mass is 382 g/mol. The number of likely N-dealkylation sites (tertiary alicyclic amines) is 1. The summed E-state index contributed by atoms with van der Waals surface area (Å²) in [6.45, 7) is 12.1. The van der Waals surface area contributed by atoms with E-state index in [0.717, 1.165) is 38.5 Å². The zero-order valence-electron chi connectivity index (χ0n) is 18.0. The van der Waals surface area contributed by atoms with Gasteiger partial charge in [0.2, 0.25) is 0 Å². The maximum Gasteiger partial charge on any atom is 0.119 e. The van der Waals surface area contributed by atoms with Crippen LogP contribution in [0.2, 0.25) is 0 Å². The van der Waals surface area contributed by atoms with E-state index in [0.29, 0.717) is 6.04 Å². The van der Waals surface area contributed by atoms with Crippen LogP contribution in [0.5, 0.6) is 5.75 Å². The van der Waals surface area contributed by atoms with Gasteiger partial charge in [0, 0.05) is 31.1 Å². The van der Waals surface area contributed by atoms with E-state index in [1.165, 1.54) is 35.6 Å². The molecule has 4 rings (SSSR count). The minimum atomic E-state index is 0.184. The Hall–Kier alpha value is -1.85. The Bertz CT molecular complexity index is 833. The van der Waals surface area contributed by atoms with Gasteiger partial charge in [-0.25, -0.2) is 4.98 Å². The Labute approximate surface area is 169 Å². The molecule has 1 saturated heterocycles. The fourth-order valence-corrected chi connectivity index (χ4v) is 5.20. The fraction of sp³-hybridized carbons (Fsp3) is 0.609. The van der Waals surface area contributed by atoms with Gasteiger partial charge in [-0.05, 0) is 71.4 Å². The molecule has 0 N–H and O–H groups in total. The zero-order chi connectivity index (χ0) is 19.9. The van der Waals surface area contributed by atoms with Crippen molar-refractivity contribution in [2.24, 2.45) is 0 Å². The molecule has 2 aromatic rings. The van der Waals surface area contributed by atoms with E-state index in [2.05, 4.69) is 60.4 Å².